The molecule has 7 nitrogen and oxygen atoms in total. The van der Waals surface area contributed by atoms with Crippen LogP contribution in [0.3, 0.4) is 0 Å². The van der Waals surface area contributed by atoms with Crippen molar-refractivity contribution in [3.05, 3.63) is 34.6 Å². The molecule has 116 valence electrons. The monoisotopic (exact) mass is 302 g/mol. The zero-order chi connectivity index (χ0) is 15.5. The van der Waals surface area contributed by atoms with E-state index in [4.69, 9.17) is 4.74 Å². The first-order valence-electron chi connectivity index (χ1n) is 7.32. The van der Waals surface area contributed by atoms with E-state index < -0.39 is 0 Å². The SMILES string of the molecule is COC1CCN(C(=O)Cn2nnc3ccccc3c2=O)CC1. The van der Waals surface area contributed by atoms with Crippen molar-refractivity contribution in [1.29, 1.82) is 0 Å². The molecule has 0 N–H and O–H groups in total. The summed E-state index contributed by atoms with van der Waals surface area (Å²) in [5.74, 6) is -0.110. The van der Waals surface area contributed by atoms with Crippen molar-refractivity contribution in [1.82, 2.24) is 19.9 Å². The van der Waals surface area contributed by atoms with E-state index in [9.17, 15) is 9.59 Å². The number of ether oxygens (including phenoxy) is 1. The van der Waals surface area contributed by atoms with Gasteiger partial charge in [-0.15, -0.1) is 5.10 Å². The van der Waals surface area contributed by atoms with Gasteiger partial charge in [0.15, 0.2) is 0 Å². The summed E-state index contributed by atoms with van der Waals surface area (Å²) in [5.41, 5.74) is 0.253. The fourth-order valence-electron chi connectivity index (χ4n) is 2.70. The van der Waals surface area contributed by atoms with Crippen LogP contribution in [0.2, 0.25) is 0 Å². The molecule has 1 aromatic carbocycles. The number of benzene rings is 1. The zero-order valence-corrected chi connectivity index (χ0v) is 12.4. The molecule has 1 aromatic heterocycles. The van der Waals surface area contributed by atoms with Crippen molar-refractivity contribution in [2.45, 2.75) is 25.5 Å². The number of nitrogens with zero attached hydrogens (tertiary/aromatic N) is 4. The van der Waals surface area contributed by atoms with Crippen LogP contribution >= 0.6 is 0 Å². The largest absolute Gasteiger partial charge is 0.381 e. The molecule has 7 heteroatoms. The van der Waals surface area contributed by atoms with Gasteiger partial charge in [0.05, 0.1) is 11.5 Å². The Labute approximate surface area is 127 Å². The van der Waals surface area contributed by atoms with E-state index in [0.29, 0.717) is 24.0 Å². The van der Waals surface area contributed by atoms with Crippen LogP contribution in [0.4, 0.5) is 0 Å². The van der Waals surface area contributed by atoms with Crippen molar-refractivity contribution < 1.29 is 9.53 Å². The van der Waals surface area contributed by atoms with Gasteiger partial charge in [0.25, 0.3) is 5.56 Å². The lowest BCUT2D eigenvalue weighted by atomic mass is 10.1. The van der Waals surface area contributed by atoms with Crippen LogP contribution < -0.4 is 5.56 Å². The van der Waals surface area contributed by atoms with Crippen LogP contribution in [0.5, 0.6) is 0 Å². The lowest BCUT2D eigenvalue weighted by Gasteiger charge is -2.31. The number of rotatable bonds is 3. The molecular formula is C15H18N4O3. The minimum atomic E-state index is -0.286. The lowest BCUT2D eigenvalue weighted by molar-refractivity contribution is -0.134. The number of piperidine rings is 1. The fraction of sp³-hybridized carbons (Fsp3) is 0.467. The quantitative estimate of drug-likeness (QED) is 0.821. The highest BCUT2D eigenvalue weighted by Gasteiger charge is 2.23. The van der Waals surface area contributed by atoms with E-state index in [-0.39, 0.29) is 24.1 Å². The third kappa shape index (κ3) is 2.85. The third-order valence-corrected chi connectivity index (χ3v) is 4.04. The minimum absolute atomic E-state index is 0.0751. The van der Waals surface area contributed by atoms with E-state index in [1.807, 2.05) is 0 Å². The van der Waals surface area contributed by atoms with Gasteiger partial charge >= 0.3 is 0 Å². The summed E-state index contributed by atoms with van der Waals surface area (Å²) in [6.07, 6.45) is 1.85. The Hall–Kier alpha value is -2.28. The number of hydrogen-bond donors (Lipinski definition) is 0. The molecule has 1 aliphatic heterocycles. The van der Waals surface area contributed by atoms with Gasteiger partial charge in [-0.2, -0.15) is 0 Å². The Morgan fingerprint density at radius 1 is 1.32 bits per heavy atom. The van der Waals surface area contributed by atoms with Crippen LogP contribution in [0, 0.1) is 0 Å². The highest BCUT2D eigenvalue weighted by Crippen LogP contribution is 2.13. The number of carbonyl (C=O) groups excluding carboxylic acids is 1. The first-order chi connectivity index (χ1) is 10.7. The summed E-state index contributed by atoms with van der Waals surface area (Å²) in [6, 6.07) is 6.99. The van der Waals surface area contributed by atoms with Crippen molar-refractivity contribution in [3.63, 3.8) is 0 Å². The van der Waals surface area contributed by atoms with Crippen molar-refractivity contribution in [3.8, 4) is 0 Å². The summed E-state index contributed by atoms with van der Waals surface area (Å²) >= 11 is 0. The van der Waals surface area contributed by atoms with Gasteiger partial charge in [0.1, 0.15) is 12.1 Å². The molecule has 1 amide bonds. The van der Waals surface area contributed by atoms with Crippen LogP contribution in [-0.4, -0.2) is 52.1 Å². The molecule has 0 atom stereocenters. The number of aromatic nitrogens is 3. The predicted molar refractivity (Wildman–Crippen MR) is 80.4 cm³/mol. The fourth-order valence-corrected chi connectivity index (χ4v) is 2.70. The average Bonchev–Trinajstić information content (AvgIpc) is 2.57. The molecule has 0 saturated carbocycles. The Balaban J connectivity index is 1.75. The van der Waals surface area contributed by atoms with Gasteiger partial charge in [-0.1, -0.05) is 17.3 Å². The van der Waals surface area contributed by atoms with E-state index >= 15 is 0 Å². The van der Waals surface area contributed by atoms with Crippen LogP contribution in [-0.2, 0) is 16.1 Å². The Morgan fingerprint density at radius 3 is 2.77 bits per heavy atom. The standard InChI is InChI=1S/C15H18N4O3/c1-22-11-6-8-18(9-7-11)14(20)10-19-15(21)12-4-2-3-5-13(12)16-17-19/h2-5,11H,6-10H2,1H3. The smallest absolute Gasteiger partial charge is 0.278 e. The summed E-state index contributed by atoms with van der Waals surface area (Å²) < 4.78 is 6.42. The van der Waals surface area contributed by atoms with Crippen molar-refractivity contribution >= 4 is 16.8 Å². The van der Waals surface area contributed by atoms with Gasteiger partial charge in [-0.25, -0.2) is 4.68 Å². The molecule has 0 bridgehead atoms. The predicted octanol–water partition coefficient (Wildman–Crippen LogP) is 0.429. The molecule has 1 saturated heterocycles. The summed E-state index contributed by atoms with van der Waals surface area (Å²) in [7, 11) is 1.69. The second-order valence-electron chi connectivity index (χ2n) is 5.39. The average molecular weight is 302 g/mol. The van der Waals surface area contributed by atoms with E-state index in [0.717, 1.165) is 17.5 Å². The van der Waals surface area contributed by atoms with Gasteiger partial charge in [0.2, 0.25) is 5.91 Å². The van der Waals surface area contributed by atoms with E-state index in [1.54, 1.807) is 36.3 Å². The van der Waals surface area contributed by atoms with Crippen LogP contribution in [0.15, 0.2) is 29.1 Å². The number of carbonyl (C=O) groups is 1. The molecule has 22 heavy (non-hydrogen) atoms. The molecule has 0 unspecified atom stereocenters. The maximum Gasteiger partial charge on any atom is 0.278 e. The topological polar surface area (TPSA) is 77.3 Å². The number of hydrogen-bond acceptors (Lipinski definition) is 5. The molecule has 0 spiro atoms. The molecule has 3 rings (SSSR count). The Kier molecular flexibility index (Phi) is 4.15. The first kappa shape index (κ1) is 14.6. The number of methoxy groups -OCH3 is 1. The summed E-state index contributed by atoms with van der Waals surface area (Å²) in [6.45, 7) is 1.22. The van der Waals surface area contributed by atoms with Crippen LogP contribution in [0.1, 0.15) is 12.8 Å². The van der Waals surface area contributed by atoms with Gasteiger partial charge in [-0.05, 0) is 25.0 Å². The maximum absolute atomic E-state index is 12.3. The van der Waals surface area contributed by atoms with E-state index in [1.165, 1.54) is 0 Å². The normalized spacial score (nSPS) is 16.1. The molecule has 2 aromatic rings. The highest BCUT2D eigenvalue weighted by atomic mass is 16.5. The minimum Gasteiger partial charge on any atom is -0.381 e. The van der Waals surface area contributed by atoms with Crippen molar-refractivity contribution in [2.75, 3.05) is 20.2 Å². The first-order valence-corrected chi connectivity index (χ1v) is 7.32. The molecular weight excluding hydrogens is 284 g/mol. The van der Waals surface area contributed by atoms with Crippen LogP contribution in [0.25, 0.3) is 10.9 Å². The number of fused-ring (bicyclic) bond motifs is 1. The molecule has 1 fully saturated rings. The van der Waals surface area contributed by atoms with Crippen molar-refractivity contribution in [2.24, 2.45) is 0 Å². The second-order valence-corrected chi connectivity index (χ2v) is 5.39. The van der Waals surface area contributed by atoms with Gasteiger partial charge in [-0.3, -0.25) is 9.59 Å². The molecule has 2 heterocycles. The number of likely N-dealkylation sites (tertiary alicyclic amines) is 1. The molecule has 0 aliphatic carbocycles. The van der Waals surface area contributed by atoms with Gasteiger partial charge in [0, 0.05) is 20.2 Å². The summed E-state index contributed by atoms with van der Waals surface area (Å²) in [4.78, 5) is 26.4. The number of amides is 1. The maximum atomic E-state index is 12.3. The Morgan fingerprint density at radius 2 is 2.05 bits per heavy atom. The molecule has 0 radical (unpaired) electrons. The Bertz CT molecular complexity index is 735. The molecule has 1 aliphatic rings. The van der Waals surface area contributed by atoms with Gasteiger partial charge < -0.3 is 9.64 Å². The second kappa shape index (κ2) is 6.23. The lowest BCUT2D eigenvalue weighted by Crippen LogP contribution is -2.43. The van der Waals surface area contributed by atoms with E-state index in [2.05, 4.69) is 10.3 Å². The third-order valence-electron chi connectivity index (χ3n) is 4.04. The highest BCUT2D eigenvalue weighted by molar-refractivity contribution is 5.78. The summed E-state index contributed by atoms with van der Waals surface area (Å²) in [5, 5.41) is 8.32. The zero-order valence-electron chi connectivity index (χ0n) is 12.4.